The molecule has 4 aromatic rings. The Labute approximate surface area is 193 Å². The summed E-state index contributed by atoms with van der Waals surface area (Å²) in [4.78, 5) is 12.2. The van der Waals surface area contributed by atoms with E-state index in [2.05, 4.69) is 22.4 Å². The fraction of sp³-hybridized carbons (Fsp3) is 0.125. The number of hydrogen-bond acceptors (Lipinski definition) is 5. The van der Waals surface area contributed by atoms with E-state index in [-0.39, 0.29) is 17.4 Å². The number of benzene rings is 3. The van der Waals surface area contributed by atoms with E-state index >= 15 is 0 Å². The molecule has 0 fully saturated rings. The van der Waals surface area contributed by atoms with Gasteiger partial charge in [-0.15, -0.1) is 10.2 Å². The van der Waals surface area contributed by atoms with Crippen LogP contribution in [0.1, 0.15) is 16.7 Å². The van der Waals surface area contributed by atoms with E-state index in [0.717, 1.165) is 11.3 Å². The van der Waals surface area contributed by atoms with Crippen molar-refractivity contribution >= 4 is 34.0 Å². The molecule has 0 aliphatic rings. The standard InChI is InChI=1S/C24H19ClFN3O2S/c1-14-3-7-19(11-15(14)2)31-18-8-5-17(6-9-18)23-28-29-24(32-23)27-22(30)13-16-4-10-20(25)21(26)12-16/h3-12H,13H2,1-2H3,(H,27,29,30). The van der Waals surface area contributed by atoms with E-state index in [1.165, 1.54) is 34.6 Å². The average molecular weight is 468 g/mol. The van der Waals surface area contributed by atoms with Gasteiger partial charge in [0.25, 0.3) is 0 Å². The lowest BCUT2D eigenvalue weighted by atomic mass is 10.1. The number of anilines is 1. The second kappa shape index (κ2) is 9.46. The zero-order chi connectivity index (χ0) is 22.7. The van der Waals surface area contributed by atoms with Crippen LogP contribution in [0.3, 0.4) is 0 Å². The van der Waals surface area contributed by atoms with Crippen molar-refractivity contribution in [1.29, 1.82) is 0 Å². The van der Waals surface area contributed by atoms with Crippen molar-refractivity contribution in [1.82, 2.24) is 10.2 Å². The lowest BCUT2D eigenvalue weighted by Crippen LogP contribution is -2.14. The van der Waals surface area contributed by atoms with Crippen molar-refractivity contribution < 1.29 is 13.9 Å². The highest BCUT2D eigenvalue weighted by atomic mass is 35.5. The van der Waals surface area contributed by atoms with Gasteiger partial charge >= 0.3 is 0 Å². The van der Waals surface area contributed by atoms with E-state index in [0.29, 0.717) is 21.5 Å². The highest BCUT2D eigenvalue weighted by molar-refractivity contribution is 7.18. The average Bonchev–Trinajstić information content (AvgIpc) is 3.22. The minimum Gasteiger partial charge on any atom is -0.457 e. The van der Waals surface area contributed by atoms with Gasteiger partial charge in [-0.3, -0.25) is 4.79 Å². The van der Waals surface area contributed by atoms with E-state index in [1.54, 1.807) is 6.07 Å². The Morgan fingerprint density at radius 2 is 1.75 bits per heavy atom. The van der Waals surface area contributed by atoms with Gasteiger partial charge in [-0.1, -0.05) is 35.1 Å². The number of carbonyl (C=O) groups excluding carboxylic acids is 1. The summed E-state index contributed by atoms with van der Waals surface area (Å²) in [7, 11) is 0. The predicted octanol–water partition coefficient (Wildman–Crippen LogP) is 6.59. The van der Waals surface area contributed by atoms with Crippen LogP contribution in [0.25, 0.3) is 10.6 Å². The number of nitrogens with zero attached hydrogens (tertiary/aromatic N) is 2. The zero-order valence-electron chi connectivity index (χ0n) is 17.4. The summed E-state index contributed by atoms with van der Waals surface area (Å²) in [5.41, 5.74) is 3.76. The molecule has 0 radical (unpaired) electrons. The van der Waals surface area contributed by atoms with E-state index in [1.807, 2.05) is 49.4 Å². The molecular weight excluding hydrogens is 449 g/mol. The van der Waals surface area contributed by atoms with E-state index in [4.69, 9.17) is 16.3 Å². The molecule has 1 N–H and O–H groups in total. The van der Waals surface area contributed by atoms with Crippen molar-refractivity contribution in [3.05, 3.63) is 88.2 Å². The second-order valence-corrected chi connectivity index (χ2v) is 8.64. The van der Waals surface area contributed by atoms with Crippen molar-refractivity contribution in [3.8, 4) is 22.1 Å². The molecule has 8 heteroatoms. The number of ether oxygens (including phenoxy) is 1. The van der Waals surface area contributed by atoms with Gasteiger partial charge in [-0.05, 0) is 79.1 Å². The molecule has 0 bridgehead atoms. The third kappa shape index (κ3) is 5.30. The number of amides is 1. The Bertz CT molecular complexity index is 1270. The maximum absolute atomic E-state index is 13.5. The van der Waals surface area contributed by atoms with Crippen LogP contribution < -0.4 is 10.1 Å². The monoisotopic (exact) mass is 467 g/mol. The summed E-state index contributed by atoms with van der Waals surface area (Å²) in [5.74, 6) is 0.624. The third-order valence-corrected chi connectivity index (χ3v) is 6.03. The van der Waals surface area contributed by atoms with Crippen LogP contribution >= 0.6 is 22.9 Å². The van der Waals surface area contributed by atoms with Crippen LogP contribution in [0.5, 0.6) is 11.5 Å². The molecule has 162 valence electrons. The molecule has 1 aromatic heterocycles. The molecule has 3 aromatic carbocycles. The molecule has 5 nitrogen and oxygen atoms in total. The van der Waals surface area contributed by atoms with Crippen LogP contribution in [-0.2, 0) is 11.2 Å². The Morgan fingerprint density at radius 3 is 2.47 bits per heavy atom. The van der Waals surface area contributed by atoms with Gasteiger partial charge in [-0.25, -0.2) is 4.39 Å². The van der Waals surface area contributed by atoms with Gasteiger partial charge in [0.1, 0.15) is 22.3 Å². The van der Waals surface area contributed by atoms with Gasteiger partial charge in [0.05, 0.1) is 11.4 Å². The Hall–Kier alpha value is -3.29. The predicted molar refractivity (Wildman–Crippen MR) is 125 cm³/mol. The quantitative estimate of drug-likeness (QED) is 0.347. The number of halogens is 2. The molecule has 1 heterocycles. The van der Waals surface area contributed by atoms with E-state index < -0.39 is 5.82 Å². The number of rotatable bonds is 6. The highest BCUT2D eigenvalue weighted by Gasteiger charge is 2.12. The van der Waals surface area contributed by atoms with Gasteiger partial charge in [-0.2, -0.15) is 0 Å². The maximum atomic E-state index is 13.5. The number of hydrogen-bond donors (Lipinski definition) is 1. The molecule has 0 saturated heterocycles. The van der Waals surface area contributed by atoms with Crippen LogP contribution in [0.4, 0.5) is 9.52 Å². The van der Waals surface area contributed by atoms with Gasteiger partial charge < -0.3 is 10.1 Å². The van der Waals surface area contributed by atoms with E-state index in [9.17, 15) is 9.18 Å². The first-order chi connectivity index (χ1) is 15.4. The number of nitrogens with one attached hydrogen (secondary N) is 1. The summed E-state index contributed by atoms with van der Waals surface area (Å²) in [5, 5.41) is 11.9. The molecular formula is C24H19ClFN3O2S. The number of aryl methyl sites for hydroxylation is 2. The van der Waals surface area contributed by atoms with Crippen LogP contribution in [0, 0.1) is 19.7 Å². The van der Waals surface area contributed by atoms with Crippen molar-refractivity contribution in [2.45, 2.75) is 20.3 Å². The molecule has 0 saturated carbocycles. The fourth-order valence-corrected chi connectivity index (χ4v) is 3.85. The minimum atomic E-state index is -0.555. The Kier molecular flexibility index (Phi) is 6.48. The largest absolute Gasteiger partial charge is 0.457 e. The smallest absolute Gasteiger partial charge is 0.230 e. The van der Waals surface area contributed by atoms with Crippen molar-refractivity contribution in [2.75, 3.05) is 5.32 Å². The van der Waals surface area contributed by atoms with Crippen molar-refractivity contribution in [3.63, 3.8) is 0 Å². The maximum Gasteiger partial charge on any atom is 0.230 e. The summed E-state index contributed by atoms with van der Waals surface area (Å²) in [6.45, 7) is 4.11. The first-order valence-electron chi connectivity index (χ1n) is 9.80. The van der Waals surface area contributed by atoms with Crippen LogP contribution in [0.15, 0.2) is 60.7 Å². The summed E-state index contributed by atoms with van der Waals surface area (Å²) in [6.07, 6.45) is 0.00746. The molecule has 0 unspecified atom stereocenters. The van der Waals surface area contributed by atoms with Crippen molar-refractivity contribution in [2.24, 2.45) is 0 Å². The fourth-order valence-electron chi connectivity index (χ4n) is 2.97. The molecule has 1 amide bonds. The topological polar surface area (TPSA) is 64.1 Å². The van der Waals surface area contributed by atoms with Gasteiger partial charge in [0.2, 0.25) is 11.0 Å². The van der Waals surface area contributed by atoms with Crippen LogP contribution in [-0.4, -0.2) is 16.1 Å². The molecule has 0 spiro atoms. The highest BCUT2D eigenvalue weighted by Crippen LogP contribution is 2.30. The number of carbonyl (C=O) groups is 1. The summed E-state index contributed by atoms with van der Waals surface area (Å²) in [6, 6.07) is 17.7. The molecule has 4 rings (SSSR count). The molecule has 0 atom stereocenters. The molecule has 32 heavy (non-hydrogen) atoms. The third-order valence-electron chi connectivity index (χ3n) is 4.84. The lowest BCUT2D eigenvalue weighted by Gasteiger charge is -2.08. The van der Waals surface area contributed by atoms with Crippen LogP contribution in [0.2, 0.25) is 5.02 Å². The second-order valence-electron chi connectivity index (χ2n) is 7.26. The summed E-state index contributed by atoms with van der Waals surface area (Å²) < 4.78 is 19.4. The zero-order valence-corrected chi connectivity index (χ0v) is 18.9. The van der Waals surface area contributed by atoms with Gasteiger partial charge in [0.15, 0.2) is 0 Å². The lowest BCUT2D eigenvalue weighted by molar-refractivity contribution is -0.115. The molecule has 0 aliphatic heterocycles. The minimum absolute atomic E-state index is 0.00746. The van der Waals surface area contributed by atoms with Gasteiger partial charge in [0, 0.05) is 5.56 Å². The normalized spacial score (nSPS) is 10.8. The SMILES string of the molecule is Cc1ccc(Oc2ccc(-c3nnc(NC(=O)Cc4ccc(Cl)c(F)c4)s3)cc2)cc1C. The Balaban J connectivity index is 1.38. The molecule has 0 aliphatic carbocycles. The first-order valence-corrected chi connectivity index (χ1v) is 11.0. The Morgan fingerprint density at radius 1 is 1.00 bits per heavy atom. The number of aromatic nitrogens is 2. The first kappa shape index (κ1) is 21.9. The summed E-state index contributed by atoms with van der Waals surface area (Å²) >= 11 is 6.92.